The summed E-state index contributed by atoms with van der Waals surface area (Å²) in [5.74, 6) is 0. The van der Waals surface area contributed by atoms with Gasteiger partial charge in [0.2, 0.25) is 0 Å². The molecular formula is C14H26N2O2. The Bertz CT molecular complexity index is 259. The SMILES string of the molecule is CCCNC(C)(C#N)CCCOC1CCOCC1. The number of hydrogen-bond donors (Lipinski definition) is 1. The molecule has 1 fully saturated rings. The van der Waals surface area contributed by atoms with Crippen molar-refractivity contribution < 1.29 is 9.47 Å². The lowest BCUT2D eigenvalue weighted by atomic mass is 9.98. The third-order valence-electron chi connectivity index (χ3n) is 3.35. The molecule has 0 aliphatic carbocycles. The third-order valence-corrected chi connectivity index (χ3v) is 3.35. The van der Waals surface area contributed by atoms with Gasteiger partial charge in [0, 0.05) is 19.8 Å². The highest BCUT2D eigenvalue weighted by Gasteiger charge is 2.22. The van der Waals surface area contributed by atoms with Crippen LogP contribution in [0.2, 0.25) is 0 Å². The molecule has 4 heteroatoms. The third kappa shape index (κ3) is 5.81. The predicted molar refractivity (Wildman–Crippen MR) is 71.3 cm³/mol. The molecule has 0 radical (unpaired) electrons. The molecule has 1 saturated heterocycles. The first-order valence-electron chi connectivity index (χ1n) is 7.06. The molecule has 1 rings (SSSR count). The number of nitrogens with one attached hydrogen (secondary N) is 1. The molecule has 0 aromatic rings. The van der Waals surface area contributed by atoms with Crippen molar-refractivity contribution in [3.8, 4) is 6.07 Å². The van der Waals surface area contributed by atoms with Crippen LogP contribution in [-0.4, -0.2) is 38.0 Å². The molecular weight excluding hydrogens is 228 g/mol. The summed E-state index contributed by atoms with van der Waals surface area (Å²) in [6.07, 6.45) is 5.18. The first-order chi connectivity index (χ1) is 8.70. The second-order valence-corrected chi connectivity index (χ2v) is 5.16. The van der Waals surface area contributed by atoms with Gasteiger partial charge in [0.05, 0.1) is 12.2 Å². The minimum absolute atomic E-state index is 0.357. The lowest BCUT2D eigenvalue weighted by Gasteiger charge is -2.25. The number of rotatable bonds is 8. The van der Waals surface area contributed by atoms with Crippen molar-refractivity contribution in [3.63, 3.8) is 0 Å². The van der Waals surface area contributed by atoms with Crippen LogP contribution in [0.3, 0.4) is 0 Å². The van der Waals surface area contributed by atoms with Gasteiger partial charge in [0.1, 0.15) is 5.54 Å². The van der Waals surface area contributed by atoms with Gasteiger partial charge in [-0.05, 0) is 45.6 Å². The summed E-state index contributed by atoms with van der Waals surface area (Å²) in [7, 11) is 0. The molecule has 104 valence electrons. The summed E-state index contributed by atoms with van der Waals surface area (Å²) in [6.45, 7) is 7.36. The van der Waals surface area contributed by atoms with Crippen molar-refractivity contribution in [2.75, 3.05) is 26.4 Å². The fraction of sp³-hybridized carbons (Fsp3) is 0.929. The Balaban J connectivity index is 2.13. The van der Waals surface area contributed by atoms with Gasteiger partial charge in [-0.1, -0.05) is 6.92 Å². The van der Waals surface area contributed by atoms with E-state index in [2.05, 4.69) is 18.3 Å². The maximum absolute atomic E-state index is 9.19. The molecule has 18 heavy (non-hydrogen) atoms. The van der Waals surface area contributed by atoms with Gasteiger partial charge >= 0.3 is 0 Å². The molecule has 1 heterocycles. The molecule has 1 aliphatic heterocycles. The lowest BCUT2D eigenvalue weighted by Crippen LogP contribution is -2.41. The van der Waals surface area contributed by atoms with Crippen LogP contribution in [-0.2, 0) is 9.47 Å². The van der Waals surface area contributed by atoms with Crippen LogP contribution in [0.1, 0.15) is 46.0 Å². The van der Waals surface area contributed by atoms with Gasteiger partial charge in [0.25, 0.3) is 0 Å². The first kappa shape index (κ1) is 15.4. The van der Waals surface area contributed by atoms with E-state index in [0.717, 1.165) is 58.5 Å². The van der Waals surface area contributed by atoms with Gasteiger partial charge in [0.15, 0.2) is 0 Å². The van der Waals surface area contributed by atoms with Crippen LogP contribution in [0.25, 0.3) is 0 Å². The summed E-state index contributed by atoms with van der Waals surface area (Å²) in [5.41, 5.74) is -0.408. The van der Waals surface area contributed by atoms with Gasteiger partial charge in [-0.15, -0.1) is 0 Å². The Hall–Kier alpha value is -0.630. The van der Waals surface area contributed by atoms with Crippen molar-refractivity contribution >= 4 is 0 Å². The van der Waals surface area contributed by atoms with E-state index in [1.807, 2.05) is 6.92 Å². The van der Waals surface area contributed by atoms with Gasteiger partial charge in [-0.3, -0.25) is 5.32 Å². The van der Waals surface area contributed by atoms with Gasteiger partial charge < -0.3 is 9.47 Å². The highest BCUT2D eigenvalue weighted by Crippen LogP contribution is 2.14. The zero-order valence-corrected chi connectivity index (χ0v) is 11.7. The average Bonchev–Trinajstić information content (AvgIpc) is 2.43. The molecule has 4 nitrogen and oxygen atoms in total. The van der Waals surface area contributed by atoms with E-state index in [4.69, 9.17) is 9.47 Å². The lowest BCUT2D eigenvalue weighted by molar-refractivity contribution is -0.0333. The van der Waals surface area contributed by atoms with E-state index in [0.29, 0.717) is 6.10 Å². The minimum Gasteiger partial charge on any atom is -0.381 e. The molecule has 1 aliphatic rings. The minimum atomic E-state index is -0.408. The Morgan fingerprint density at radius 3 is 2.78 bits per heavy atom. The number of ether oxygens (including phenoxy) is 2. The fourth-order valence-electron chi connectivity index (χ4n) is 2.10. The molecule has 0 spiro atoms. The predicted octanol–water partition coefficient (Wildman–Crippen LogP) is 2.24. The molecule has 0 aromatic carbocycles. The second-order valence-electron chi connectivity index (χ2n) is 5.16. The van der Waals surface area contributed by atoms with Gasteiger partial charge in [-0.25, -0.2) is 0 Å². The Morgan fingerprint density at radius 2 is 2.17 bits per heavy atom. The van der Waals surface area contributed by atoms with Crippen molar-refractivity contribution in [1.82, 2.24) is 5.32 Å². The second kappa shape index (κ2) is 8.47. The largest absolute Gasteiger partial charge is 0.381 e. The van der Waals surface area contributed by atoms with Crippen molar-refractivity contribution in [1.29, 1.82) is 5.26 Å². The van der Waals surface area contributed by atoms with Crippen LogP contribution in [0, 0.1) is 11.3 Å². The highest BCUT2D eigenvalue weighted by atomic mass is 16.5. The van der Waals surface area contributed by atoms with Crippen molar-refractivity contribution in [2.45, 2.75) is 57.6 Å². The van der Waals surface area contributed by atoms with Crippen LogP contribution >= 0.6 is 0 Å². The van der Waals surface area contributed by atoms with Crippen LogP contribution in [0.5, 0.6) is 0 Å². The first-order valence-corrected chi connectivity index (χ1v) is 7.06. The molecule has 1 unspecified atom stereocenters. The number of nitriles is 1. The van der Waals surface area contributed by atoms with E-state index in [1.165, 1.54) is 0 Å². The molecule has 0 bridgehead atoms. The van der Waals surface area contributed by atoms with E-state index in [1.54, 1.807) is 0 Å². The summed E-state index contributed by atoms with van der Waals surface area (Å²) < 4.78 is 11.1. The number of nitrogens with zero attached hydrogens (tertiary/aromatic N) is 1. The van der Waals surface area contributed by atoms with E-state index in [-0.39, 0.29) is 0 Å². The van der Waals surface area contributed by atoms with E-state index >= 15 is 0 Å². The normalized spacial score (nSPS) is 20.3. The maximum Gasteiger partial charge on any atom is 0.104 e. The van der Waals surface area contributed by atoms with Crippen LogP contribution in [0.4, 0.5) is 0 Å². The average molecular weight is 254 g/mol. The molecule has 1 atom stereocenters. The van der Waals surface area contributed by atoms with Crippen LogP contribution < -0.4 is 5.32 Å². The zero-order valence-electron chi connectivity index (χ0n) is 11.7. The summed E-state index contributed by atoms with van der Waals surface area (Å²) in [6, 6.07) is 2.37. The Labute approximate surface area is 111 Å². The van der Waals surface area contributed by atoms with E-state index in [9.17, 15) is 5.26 Å². The van der Waals surface area contributed by atoms with Gasteiger partial charge in [-0.2, -0.15) is 5.26 Å². The fourth-order valence-corrected chi connectivity index (χ4v) is 2.10. The highest BCUT2D eigenvalue weighted by molar-refractivity contribution is 5.03. The summed E-state index contributed by atoms with van der Waals surface area (Å²) in [4.78, 5) is 0. The molecule has 0 amide bonds. The topological polar surface area (TPSA) is 54.3 Å². The van der Waals surface area contributed by atoms with Crippen LogP contribution in [0.15, 0.2) is 0 Å². The maximum atomic E-state index is 9.19. The Morgan fingerprint density at radius 1 is 1.44 bits per heavy atom. The molecule has 0 saturated carbocycles. The zero-order chi connectivity index (χ0) is 13.3. The monoisotopic (exact) mass is 254 g/mol. The smallest absolute Gasteiger partial charge is 0.104 e. The van der Waals surface area contributed by atoms with Crippen molar-refractivity contribution in [2.24, 2.45) is 0 Å². The summed E-state index contributed by atoms with van der Waals surface area (Å²) >= 11 is 0. The van der Waals surface area contributed by atoms with Crippen molar-refractivity contribution in [3.05, 3.63) is 0 Å². The Kier molecular flexibility index (Phi) is 7.26. The summed E-state index contributed by atoms with van der Waals surface area (Å²) in [5, 5.41) is 12.5. The standard InChI is InChI=1S/C14H26N2O2/c1-3-8-16-14(2,12-15)7-4-9-18-13-5-10-17-11-6-13/h13,16H,3-11H2,1-2H3. The molecule has 1 N–H and O–H groups in total. The quantitative estimate of drug-likeness (QED) is 0.675. The molecule has 0 aromatic heterocycles. The number of hydrogen-bond acceptors (Lipinski definition) is 4. The van der Waals surface area contributed by atoms with E-state index < -0.39 is 5.54 Å².